The van der Waals surface area contributed by atoms with Crippen LogP contribution in [0.2, 0.25) is 0 Å². The van der Waals surface area contributed by atoms with E-state index >= 15 is 0 Å². The van der Waals surface area contributed by atoms with Gasteiger partial charge in [0.25, 0.3) is 0 Å². The largest absolute Gasteiger partial charge is 0.342 e. The minimum Gasteiger partial charge on any atom is -0.342 e. The topological polar surface area (TPSA) is 46.1 Å². The van der Waals surface area contributed by atoms with Crippen LogP contribution >= 0.6 is 0 Å². The first-order valence-corrected chi connectivity index (χ1v) is 11.5. The maximum Gasteiger partial charge on any atom is 0.219 e. The van der Waals surface area contributed by atoms with Gasteiger partial charge < -0.3 is 4.90 Å². The number of nitrogens with zero attached hydrogens (tertiary/aromatic N) is 3. The van der Waals surface area contributed by atoms with Crippen molar-refractivity contribution in [2.24, 2.45) is 0 Å². The average molecular weight is 470 g/mol. The summed E-state index contributed by atoms with van der Waals surface area (Å²) >= 11 is 0. The van der Waals surface area contributed by atoms with Crippen molar-refractivity contribution in [2.75, 3.05) is 7.05 Å². The van der Waals surface area contributed by atoms with E-state index in [0.717, 1.165) is 38.9 Å². The first kappa shape index (κ1) is 22.8. The van der Waals surface area contributed by atoms with Crippen molar-refractivity contribution in [1.82, 2.24) is 14.9 Å². The highest BCUT2D eigenvalue weighted by Crippen LogP contribution is 2.52. The van der Waals surface area contributed by atoms with E-state index in [1.54, 1.807) is 18.9 Å². The van der Waals surface area contributed by atoms with Gasteiger partial charge in [-0.05, 0) is 76.1 Å². The Morgan fingerprint density at radius 3 is 2.00 bits per heavy atom. The van der Waals surface area contributed by atoms with Crippen molar-refractivity contribution in [1.29, 1.82) is 0 Å². The van der Waals surface area contributed by atoms with E-state index in [2.05, 4.69) is 34.2 Å². The third-order valence-electron chi connectivity index (χ3n) is 6.88. The van der Waals surface area contributed by atoms with Crippen molar-refractivity contribution in [3.63, 3.8) is 0 Å². The molecule has 4 aromatic rings. The summed E-state index contributed by atoms with van der Waals surface area (Å²) in [5, 5.41) is 0. The molecular formula is C29H25F2N3O. The molecular weight excluding hydrogens is 444 g/mol. The number of fused-ring (bicyclic) bond motifs is 3. The molecule has 176 valence electrons. The highest BCUT2D eigenvalue weighted by Gasteiger charge is 2.43. The smallest absolute Gasteiger partial charge is 0.219 e. The first-order chi connectivity index (χ1) is 16.9. The minimum atomic E-state index is -0.571. The molecule has 0 spiro atoms. The molecule has 6 heteroatoms. The third kappa shape index (κ3) is 4.32. The lowest BCUT2D eigenvalue weighted by molar-refractivity contribution is -0.128. The molecule has 4 nitrogen and oxygen atoms in total. The number of benzene rings is 2. The normalized spacial score (nSPS) is 13.3. The lowest BCUT2D eigenvalue weighted by Gasteiger charge is -2.33. The molecule has 1 amide bonds. The molecule has 2 aromatic heterocycles. The van der Waals surface area contributed by atoms with Gasteiger partial charge in [0.15, 0.2) is 0 Å². The molecule has 1 aliphatic rings. The Hall–Kier alpha value is -3.93. The summed E-state index contributed by atoms with van der Waals surface area (Å²) in [4.78, 5) is 21.0. The summed E-state index contributed by atoms with van der Waals surface area (Å²) in [5.41, 5.74) is 6.45. The Kier molecular flexibility index (Phi) is 5.89. The van der Waals surface area contributed by atoms with Gasteiger partial charge >= 0.3 is 0 Å². The van der Waals surface area contributed by atoms with Crippen LogP contribution in [0.4, 0.5) is 8.78 Å². The number of rotatable bonds is 6. The number of hydrogen-bond acceptors (Lipinski definition) is 3. The van der Waals surface area contributed by atoms with Crippen molar-refractivity contribution in [3.8, 4) is 11.1 Å². The quantitative estimate of drug-likeness (QED) is 0.351. The predicted octanol–water partition coefficient (Wildman–Crippen LogP) is 5.49. The van der Waals surface area contributed by atoms with Gasteiger partial charge in [-0.2, -0.15) is 8.78 Å². The number of amides is 1. The molecule has 0 atom stereocenters. The molecule has 0 saturated carbocycles. The fraction of sp³-hybridized carbons (Fsp3) is 0.207. The predicted molar refractivity (Wildman–Crippen MR) is 131 cm³/mol. The van der Waals surface area contributed by atoms with E-state index in [4.69, 9.17) is 0 Å². The third-order valence-corrected chi connectivity index (χ3v) is 6.88. The Morgan fingerprint density at radius 1 is 0.800 bits per heavy atom. The first-order valence-electron chi connectivity index (χ1n) is 11.5. The Bertz CT molecular complexity index is 1370. The molecule has 0 unspecified atom stereocenters. The van der Waals surface area contributed by atoms with Crippen molar-refractivity contribution in [2.45, 2.75) is 31.7 Å². The number of pyridine rings is 2. The lowest BCUT2D eigenvalue weighted by atomic mass is 9.69. The summed E-state index contributed by atoms with van der Waals surface area (Å²) in [6.07, 6.45) is 3.97. The number of halogens is 2. The van der Waals surface area contributed by atoms with Gasteiger partial charge in [0.2, 0.25) is 17.8 Å². The van der Waals surface area contributed by atoms with Crippen LogP contribution in [0.5, 0.6) is 0 Å². The molecule has 35 heavy (non-hydrogen) atoms. The van der Waals surface area contributed by atoms with Crippen LogP contribution in [0.25, 0.3) is 11.1 Å². The summed E-state index contributed by atoms with van der Waals surface area (Å²) in [5.74, 6) is -1.08. The van der Waals surface area contributed by atoms with Crippen molar-refractivity contribution in [3.05, 3.63) is 119 Å². The zero-order valence-electron chi connectivity index (χ0n) is 19.6. The van der Waals surface area contributed by atoms with E-state index in [-0.39, 0.29) is 5.91 Å². The van der Waals surface area contributed by atoms with E-state index in [1.165, 1.54) is 24.5 Å². The van der Waals surface area contributed by atoms with Gasteiger partial charge in [0.05, 0.1) is 0 Å². The fourth-order valence-electron chi connectivity index (χ4n) is 5.23. The van der Waals surface area contributed by atoms with Gasteiger partial charge in [-0.25, -0.2) is 9.97 Å². The maximum absolute atomic E-state index is 14.1. The molecule has 2 heterocycles. The number of carbonyl (C=O) groups is 1. The molecule has 0 radical (unpaired) electrons. The second-order valence-corrected chi connectivity index (χ2v) is 9.21. The van der Waals surface area contributed by atoms with Gasteiger partial charge in [-0.15, -0.1) is 0 Å². The van der Waals surface area contributed by atoms with Crippen LogP contribution in [0.15, 0.2) is 79.1 Å². The Balaban J connectivity index is 1.72. The summed E-state index contributed by atoms with van der Waals surface area (Å²) in [6.45, 7) is 2.02. The number of hydrogen-bond donors (Lipinski definition) is 0. The molecule has 0 N–H and O–H groups in total. The summed E-state index contributed by atoms with van der Waals surface area (Å²) < 4.78 is 28.2. The minimum absolute atomic E-state index is 0.0143. The van der Waals surface area contributed by atoms with E-state index in [9.17, 15) is 13.6 Å². The Morgan fingerprint density at radius 2 is 1.40 bits per heavy atom. The van der Waals surface area contributed by atoms with Crippen molar-refractivity contribution < 1.29 is 13.6 Å². The van der Waals surface area contributed by atoms with Crippen LogP contribution < -0.4 is 0 Å². The fourth-order valence-corrected chi connectivity index (χ4v) is 5.23. The molecule has 0 fully saturated rings. The van der Waals surface area contributed by atoms with Crippen LogP contribution in [0.3, 0.4) is 0 Å². The molecule has 0 saturated heterocycles. The van der Waals surface area contributed by atoms with E-state index in [1.807, 2.05) is 30.3 Å². The number of carbonyl (C=O) groups excluding carboxylic acids is 1. The average Bonchev–Trinajstić information content (AvgIpc) is 3.08. The van der Waals surface area contributed by atoms with Crippen LogP contribution in [-0.2, 0) is 29.6 Å². The molecule has 2 aromatic carbocycles. The van der Waals surface area contributed by atoms with Crippen molar-refractivity contribution >= 4 is 5.91 Å². The van der Waals surface area contributed by atoms with E-state index < -0.39 is 17.3 Å². The maximum atomic E-state index is 14.1. The molecule has 0 bridgehead atoms. The van der Waals surface area contributed by atoms with Gasteiger partial charge in [0.1, 0.15) is 0 Å². The molecule has 5 rings (SSSR count). The second-order valence-electron chi connectivity index (χ2n) is 9.21. The zero-order chi connectivity index (χ0) is 24.6. The molecule has 0 aliphatic heterocycles. The zero-order valence-corrected chi connectivity index (χ0v) is 19.6. The van der Waals surface area contributed by atoms with Crippen LogP contribution in [-0.4, -0.2) is 27.8 Å². The van der Waals surface area contributed by atoms with E-state index in [0.29, 0.717) is 19.4 Å². The van der Waals surface area contributed by atoms with Gasteiger partial charge in [-0.1, -0.05) is 42.5 Å². The van der Waals surface area contributed by atoms with Gasteiger partial charge in [-0.3, -0.25) is 4.79 Å². The SMILES string of the molecule is CC(=O)N(C)Cc1ccc2c(c1)C(Cc1ccnc(F)c1)(Cc1ccnc(F)c1)c1ccccc1-2. The van der Waals surface area contributed by atoms with Crippen LogP contribution in [0, 0.1) is 11.9 Å². The monoisotopic (exact) mass is 469 g/mol. The van der Waals surface area contributed by atoms with Crippen LogP contribution in [0.1, 0.15) is 34.7 Å². The molecule has 1 aliphatic carbocycles. The Labute approximate surface area is 203 Å². The summed E-state index contributed by atoms with van der Waals surface area (Å²) in [6, 6.07) is 21.1. The highest BCUT2D eigenvalue weighted by atomic mass is 19.1. The summed E-state index contributed by atoms with van der Waals surface area (Å²) in [7, 11) is 1.77. The lowest BCUT2D eigenvalue weighted by Crippen LogP contribution is -2.31. The number of aromatic nitrogens is 2. The highest BCUT2D eigenvalue weighted by molar-refractivity contribution is 5.82. The second kappa shape index (κ2) is 9.02. The van der Waals surface area contributed by atoms with Gasteiger partial charge in [0, 0.05) is 38.3 Å². The standard InChI is InChI=1S/C29H25F2N3O/c1-19(35)34(2)18-22-7-8-24-23-5-3-4-6-25(23)29(26(24)13-22,16-20-9-11-32-27(30)14-20)17-21-10-12-33-28(31)15-21/h3-15H,16-18H2,1-2H3.